The first-order chi connectivity index (χ1) is 15.2. The van der Waals surface area contributed by atoms with Gasteiger partial charge in [-0.1, -0.05) is 103 Å². The Balaban J connectivity index is 1.33. The van der Waals surface area contributed by atoms with Gasteiger partial charge < -0.3 is 0 Å². The second-order valence-electron chi connectivity index (χ2n) is 9.47. The van der Waals surface area contributed by atoms with Crippen LogP contribution in [0.4, 0.5) is 0 Å². The van der Waals surface area contributed by atoms with Crippen LogP contribution in [0.15, 0.2) is 108 Å². The highest BCUT2D eigenvalue weighted by Crippen LogP contribution is 2.73. The summed E-state index contributed by atoms with van der Waals surface area (Å²) in [5.74, 6) is 0. The molecule has 1 heterocycles. The lowest BCUT2D eigenvalue weighted by Gasteiger charge is -2.22. The normalized spacial score (nSPS) is 23.8. The fraction of sp³-hybridized carbons (Fsp3) is 0.300. The average molecular weight is 406 g/mol. The van der Waals surface area contributed by atoms with E-state index in [4.69, 9.17) is 4.99 Å². The number of hydrogen-bond acceptors (Lipinski definition) is 1. The monoisotopic (exact) mass is 405 g/mol. The minimum Gasteiger partial charge on any atom is -0.288 e. The largest absolute Gasteiger partial charge is 0.288 e. The Morgan fingerprint density at radius 1 is 0.774 bits per heavy atom. The molecule has 0 N–H and O–H groups in total. The zero-order valence-electron chi connectivity index (χ0n) is 18.3. The first-order valence-electron chi connectivity index (χ1n) is 11.6. The molecule has 3 aromatic carbocycles. The van der Waals surface area contributed by atoms with Crippen molar-refractivity contribution in [2.75, 3.05) is 6.54 Å². The van der Waals surface area contributed by atoms with Crippen molar-refractivity contribution in [2.45, 2.75) is 38.5 Å². The average Bonchev–Trinajstić information content (AvgIpc) is 3.35. The fourth-order valence-electron chi connectivity index (χ4n) is 5.67. The van der Waals surface area contributed by atoms with E-state index in [1.807, 2.05) is 0 Å². The molecule has 156 valence electrons. The second kappa shape index (κ2) is 8.30. The van der Waals surface area contributed by atoms with Crippen LogP contribution in [0.1, 0.15) is 42.4 Å². The summed E-state index contributed by atoms with van der Waals surface area (Å²) >= 11 is 0. The Hall–Kier alpha value is -2.93. The van der Waals surface area contributed by atoms with Crippen LogP contribution >= 0.6 is 0 Å². The third kappa shape index (κ3) is 3.90. The Labute approximate surface area is 186 Å². The maximum absolute atomic E-state index is 5.14. The van der Waals surface area contributed by atoms with E-state index in [1.165, 1.54) is 40.8 Å². The summed E-state index contributed by atoms with van der Waals surface area (Å²) in [6, 6.07) is 32.6. The van der Waals surface area contributed by atoms with Crippen LogP contribution in [0.3, 0.4) is 0 Å². The first-order valence-corrected chi connectivity index (χ1v) is 11.6. The summed E-state index contributed by atoms with van der Waals surface area (Å²) < 4.78 is 0. The van der Waals surface area contributed by atoms with Crippen molar-refractivity contribution in [1.29, 1.82) is 0 Å². The van der Waals surface area contributed by atoms with Crippen LogP contribution in [-0.2, 0) is 12.8 Å². The summed E-state index contributed by atoms with van der Waals surface area (Å²) in [7, 11) is 0. The molecule has 3 aromatic rings. The predicted octanol–water partition coefficient (Wildman–Crippen LogP) is 7.08. The number of fused-ring (bicyclic) bond motifs is 1. The summed E-state index contributed by atoms with van der Waals surface area (Å²) in [5, 5.41) is 0. The molecule has 1 nitrogen and oxygen atoms in total. The highest BCUT2D eigenvalue weighted by Gasteiger charge is 2.71. The molecular weight excluding hydrogens is 374 g/mol. The van der Waals surface area contributed by atoms with E-state index in [2.05, 4.69) is 97.6 Å². The summed E-state index contributed by atoms with van der Waals surface area (Å²) in [6.07, 6.45) is 6.81. The van der Waals surface area contributed by atoms with E-state index >= 15 is 0 Å². The standard InChI is InChI=1S/C30H31N/c1-24(17-18-25-11-5-2-6-12-25)21-30-22-29(30,20-19-26-13-7-3-8-14-26)23-31-28(30)27-15-9-4-10-16-27/h2-16H,1,17-23H2. The highest BCUT2D eigenvalue weighted by molar-refractivity contribution is 6.09. The van der Waals surface area contributed by atoms with Gasteiger partial charge in [0.05, 0.1) is 0 Å². The van der Waals surface area contributed by atoms with Gasteiger partial charge in [0, 0.05) is 23.1 Å². The molecule has 0 radical (unpaired) electrons. The maximum Gasteiger partial charge on any atom is 0.0492 e. The van der Waals surface area contributed by atoms with Gasteiger partial charge in [-0.25, -0.2) is 0 Å². The minimum atomic E-state index is 0.177. The van der Waals surface area contributed by atoms with E-state index in [1.54, 1.807) is 0 Å². The van der Waals surface area contributed by atoms with Crippen molar-refractivity contribution < 1.29 is 0 Å². The van der Waals surface area contributed by atoms with Crippen molar-refractivity contribution >= 4 is 5.71 Å². The van der Waals surface area contributed by atoms with Crippen LogP contribution in [-0.4, -0.2) is 12.3 Å². The molecule has 1 fully saturated rings. The molecule has 0 spiro atoms. The Bertz CT molecular complexity index is 1070. The highest BCUT2D eigenvalue weighted by atomic mass is 14.9. The number of aryl methyl sites for hydroxylation is 2. The number of allylic oxidation sites excluding steroid dienone is 1. The van der Waals surface area contributed by atoms with Gasteiger partial charge in [0.15, 0.2) is 0 Å². The molecule has 1 aliphatic carbocycles. The first kappa shape index (κ1) is 20.0. The van der Waals surface area contributed by atoms with Crippen molar-refractivity contribution in [1.82, 2.24) is 0 Å². The Kier molecular flexibility index (Phi) is 5.36. The fourth-order valence-corrected chi connectivity index (χ4v) is 5.67. The van der Waals surface area contributed by atoms with E-state index in [0.29, 0.717) is 5.41 Å². The van der Waals surface area contributed by atoms with Crippen molar-refractivity contribution in [2.24, 2.45) is 15.8 Å². The molecule has 0 bridgehead atoms. The van der Waals surface area contributed by atoms with Gasteiger partial charge in [-0.15, -0.1) is 0 Å². The molecule has 31 heavy (non-hydrogen) atoms. The molecule has 2 unspecified atom stereocenters. The van der Waals surface area contributed by atoms with Gasteiger partial charge in [-0.2, -0.15) is 0 Å². The molecule has 2 atom stereocenters. The number of rotatable bonds is 9. The minimum absolute atomic E-state index is 0.177. The van der Waals surface area contributed by atoms with E-state index in [9.17, 15) is 0 Å². The van der Waals surface area contributed by atoms with Crippen LogP contribution < -0.4 is 0 Å². The van der Waals surface area contributed by atoms with Crippen molar-refractivity contribution in [3.8, 4) is 0 Å². The number of hydrogen-bond donors (Lipinski definition) is 0. The summed E-state index contributed by atoms with van der Waals surface area (Å²) in [6.45, 7) is 5.50. The Morgan fingerprint density at radius 2 is 1.35 bits per heavy atom. The number of aliphatic imine (C=N–C) groups is 1. The molecule has 5 rings (SSSR count). The zero-order valence-corrected chi connectivity index (χ0v) is 18.3. The van der Waals surface area contributed by atoms with E-state index in [-0.39, 0.29) is 5.41 Å². The van der Waals surface area contributed by atoms with Crippen molar-refractivity contribution in [3.63, 3.8) is 0 Å². The number of benzene rings is 3. The van der Waals surface area contributed by atoms with Crippen LogP contribution in [0, 0.1) is 10.8 Å². The lowest BCUT2D eigenvalue weighted by Crippen LogP contribution is -2.22. The smallest absolute Gasteiger partial charge is 0.0492 e. The molecule has 0 saturated heterocycles. The molecule has 1 heteroatoms. The maximum atomic E-state index is 5.14. The van der Waals surface area contributed by atoms with Gasteiger partial charge in [0.2, 0.25) is 0 Å². The van der Waals surface area contributed by atoms with Crippen LogP contribution in [0.5, 0.6) is 0 Å². The van der Waals surface area contributed by atoms with Crippen molar-refractivity contribution in [3.05, 3.63) is 120 Å². The van der Waals surface area contributed by atoms with Crippen LogP contribution in [0.25, 0.3) is 0 Å². The predicted molar refractivity (Wildman–Crippen MR) is 131 cm³/mol. The van der Waals surface area contributed by atoms with Gasteiger partial charge >= 0.3 is 0 Å². The third-order valence-electron chi connectivity index (χ3n) is 7.47. The molecule has 1 saturated carbocycles. The van der Waals surface area contributed by atoms with E-state index in [0.717, 1.165) is 32.2 Å². The van der Waals surface area contributed by atoms with Gasteiger partial charge in [-0.05, 0) is 55.2 Å². The quantitative estimate of drug-likeness (QED) is 0.337. The van der Waals surface area contributed by atoms with E-state index < -0.39 is 0 Å². The molecule has 0 amide bonds. The Morgan fingerprint density at radius 3 is 2.00 bits per heavy atom. The molecular formula is C30H31N. The second-order valence-corrected chi connectivity index (χ2v) is 9.47. The molecule has 1 aliphatic heterocycles. The van der Waals surface area contributed by atoms with Gasteiger partial charge in [0.1, 0.15) is 0 Å². The SMILES string of the molecule is C=C(CCc1ccccc1)CC12CC1(CCc1ccccc1)CN=C2c1ccccc1. The molecule has 2 aliphatic rings. The summed E-state index contributed by atoms with van der Waals surface area (Å²) in [4.78, 5) is 5.14. The van der Waals surface area contributed by atoms with Gasteiger partial charge in [-0.3, -0.25) is 4.99 Å². The zero-order chi connectivity index (χ0) is 21.2. The lowest BCUT2D eigenvalue weighted by atomic mass is 9.79. The van der Waals surface area contributed by atoms with Crippen LogP contribution in [0.2, 0.25) is 0 Å². The number of nitrogens with zero attached hydrogens (tertiary/aromatic N) is 1. The molecule has 0 aromatic heterocycles. The lowest BCUT2D eigenvalue weighted by molar-refractivity contribution is 0.412. The topological polar surface area (TPSA) is 12.4 Å². The summed E-state index contributed by atoms with van der Waals surface area (Å²) in [5.41, 5.74) is 7.33. The third-order valence-corrected chi connectivity index (χ3v) is 7.47. The van der Waals surface area contributed by atoms with Gasteiger partial charge in [0.25, 0.3) is 0 Å².